The van der Waals surface area contributed by atoms with Crippen LogP contribution in [0.1, 0.15) is 26.7 Å². The van der Waals surface area contributed by atoms with Crippen LogP contribution in [-0.2, 0) is 4.79 Å². The number of halogens is 1. The molecule has 1 heterocycles. The van der Waals surface area contributed by atoms with Crippen molar-refractivity contribution in [2.75, 3.05) is 11.9 Å². The molecular formula is C15H20FN3O2. The highest BCUT2D eigenvalue weighted by Crippen LogP contribution is 2.20. The number of carbonyl (C=O) groups is 2. The molecule has 3 amide bonds. The number of amides is 3. The second-order valence-corrected chi connectivity index (χ2v) is 5.42. The molecule has 1 fully saturated rings. The number of likely N-dealkylation sites (tertiary alicyclic amines) is 1. The maximum Gasteiger partial charge on any atom is 0.322 e. The van der Waals surface area contributed by atoms with Crippen molar-refractivity contribution in [3.63, 3.8) is 0 Å². The highest BCUT2D eigenvalue weighted by atomic mass is 19.1. The topological polar surface area (TPSA) is 61.4 Å². The van der Waals surface area contributed by atoms with Gasteiger partial charge in [-0.1, -0.05) is 12.1 Å². The number of hydrogen-bond acceptors (Lipinski definition) is 2. The van der Waals surface area contributed by atoms with E-state index in [-0.39, 0.29) is 17.6 Å². The number of nitrogens with zero attached hydrogens (tertiary/aromatic N) is 1. The number of para-hydroxylation sites is 1. The summed E-state index contributed by atoms with van der Waals surface area (Å²) >= 11 is 0. The summed E-state index contributed by atoms with van der Waals surface area (Å²) in [6, 6.07) is 5.07. The summed E-state index contributed by atoms with van der Waals surface area (Å²) in [5.74, 6) is -0.653. The van der Waals surface area contributed by atoms with Crippen LogP contribution in [0.3, 0.4) is 0 Å². The first-order valence-corrected chi connectivity index (χ1v) is 7.11. The Morgan fingerprint density at radius 1 is 1.33 bits per heavy atom. The van der Waals surface area contributed by atoms with E-state index in [1.807, 2.05) is 13.8 Å². The highest BCUT2D eigenvalue weighted by Gasteiger charge is 2.34. The number of hydrogen-bond donors (Lipinski definition) is 2. The Morgan fingerprint density at radius 3 is 2.71 bits per heavy atom. The molecule has 6 heteroatoms. The first kappa shape index (κ1) is 15.3. The zero-order valence-electron chi connectivity index (χ0n) is 12.2. The zero-order valence-corrected chi connectivity index (χ0v) is 12.2. The molecule has 1 saturated heterocycles. The molecule has 114 valence electrons. The lowest BCUT2D eigenvalue weighted by atomic mass is 10.2. The minimum absolute atomic E-state index is 0.0228. The molecule has 1 aromatic carbocycles. The number of carbonyl (C=O) groups excluding carboxylic acids is 2. The van der Waals surface area contributed by atoms with Crippen molar-refractivity contribution in [2.24, 2.45) is 0 Å². The molecule has 2 N–H and O–H groups in total. The van der Waals surface area contributed by atoms with Crippen LogP contribution in [0, 0.1) is 5.82 Å². The molecular weight excluding hydrogens is 273 g/mol. The molecule has 0 radical (unpaired) electrons. The van der Waals surface area contributed by atoms with Crippen molar-refractivity contribution in [3.8, 4) is 0 Å². The Bertz CT molecular complexity index is 533. The van der Waals surface area contributed by atoms with E-state index >= 15 is 0 Å². The number of benzene rings is 1. The zero-order chi connectivity index (χ0) is 15.4. The van der Waals surface area contributed by atoms with Crippen molar-refractivity contribution in [2.45, 2.75) is 38.8 Å². The smallest absolute Gasteiger partial charge is 0.322 e. The Kier molecular flexibility index (Phi) is 4.77. The third kappa shape index (κ3) is 3.71. The molecule has 1 aromatic rings. The van der Waals surface area contributed by atoms with Gasteiger partial charge in [0.1, 0.15) is 11.9 Å². The lowest BCUT2D eigenvalue weighted by molar-refractivity contribution is -0.125. The Morgan fingerprint density at radius 2 is 2.05 bits per heavy atom. The standard InChI is InChI=1S/C15H20FN3O2/c1-10(2)17-14(20)13-8-5-9-19(13)15(21)18-12-7-4-3-6-11(12)16/h3-4,6-7,10,13H,5,8-9H2,1-2H3,(H,17,20)(H,18,21)/t13-/m0/s1. The monoisotopic (exact) mass is 293 g/mol. The number of anilines is 1. The van der Waals surface area contributed by atoms with E-state index in [0.717, 1.165) is 6.42 Å². The first-order valence-electron chi connectivity index (χ1n) is 7.11. The lowest BCUT2D eigenvalue weighted by Crippen LogP contribution is -2.49. The Balaban J connectivity index is 2.04. The Hall–Kier alpha value is -2.11. The largest absolute Gasteiger partial charge is 0.352 e. The molecule has 0 unspecified atom stereocenters. The summed E-state index contributed by atoms with van der Waals surface area (Å²) in [7, 11) is 0. The molecule has 21 heavy (non-hydrogen) atoms. The molecule has 1 atom stereocenters. The van der Waals surface area contributed by atoms with Gasteiger partial charge in [-0.2, -0.15) is 0 Å². The maximum absolute atomic E-state index is 13.6. The SMILES string of the molecule is CC(C)NC(=O)[C@@H]1CCCN1C(=O)Nc1ccccc1F. The second-order valence-electron chi connectivity index (χ2n) is 5.42. The first-order chi connectivity index (χ1) is 9.99. The average Bonchev–Trinajstić information content (AvgIpc) is 2.90. The minimum Gasteiger partial charge on any atom is -0.352 e. The van der Waals surface area contributed by atoms with Crippen molar-refractivity contribution >= 4 is 17.6 Å². The summed E-state index contributed by atoms with van der Waals surface area (Å²) in [6.45, 7) is 4.24. The predicted molar refractivity (Wildman–Crippen MR) is 78.4 cm³/mol. The van der Waals surface area contributed by atoms with Crippen molar-refractivity contribution < 1.29 is 14.0 Å². The Labute approximate surface area is 123 Å². The lowest BCUT2D eigenvalue weighted by Gasteiger charge is -2.25. The molecule has 0 bridgehead atoms. The van der Waals surface area contributed by atoms with Crippen LogP contribution in [0.25, 0.3) is 0 Å². The van der Waals surface area contributed by atoms with Crippen LogP contribution in [-0.4, -0.2) is 35.5 Å². The summed E-state index contributed by atoms with van der Waals surface area (Å²) in [6.07, 6.45) is 1.39. The fourth-order valence-corrected chi connectivity index (χ4v) is 2.41. The van der Waals surface area contributed by atoms with Gasteiger partial charge in [-0.3, -0.25) is 4.79 Å². The van der Waals surface area contributed by atoms with Crippen LogP contribution < -0.4 is 10.6 Å². The summed E-state index contributed by atoms with van der Waals surface area (Å²) in [4.78, 5) is 25.8. The van der Waals surface area contributed by atoms with Gasteiger partial charge < -0.3 is 15.5 Å². The van der Waals surface area contributed by atoms with Crippen LogP contribution >= 0.6 is 0 Å². The summed E-state index contributed by atoms with van der Waals surface area (Å²) in [5.41, 5.74) is 0.123. The quantitative estimate of drug-likeness (QED) is 0.898. The van der Waals surface area contributed by atoms with Gasteiger partial charge in [0.05, 0.1) is 5.69 Å². The van der Waals surface area contributed by atoms with E-state index in [1.165, 1.54) is 17.0 Å². The van der Waals surface area contributed by atoms with Gasteiger partial charge in [-0.15, -0.1) is 0 Å². The predicted octanol–water partition coefficient (Wildman–Crippen LogP) is 2.35. The molecule has 1 aliphatic rings. The molecule has 1 aliphatic heterocycles. The van der Waals surface area contributed by atoms with Crippen LogP contribution in [0.5, 0.6) is 0 Å². The molecule has 2 rings (SSSR count). The van der Waals surface area contributed by atoms with Crippen molar-refractivity contribution in [3.05, 3.63) is 30.1 Å². The molecule has 0 spiro atoms. The van der Waals surface area contributed by atoms with Crippen LogP contribution in [0.15, 0.2) is 24.3 Å². The van der Waals surface area contributed by atoms with E-state index in [4.69, 9.17) is 0 Å². The van der Waals surface area contributed by atoms with Gasteiger partial charge in [-0.25, -0.2) is 9.18 Å². The molecule has 5 nitrogen and oxygen atoms in total. The van der Waals surface area contributed by atoms with E-state index < -0.39 is 17.9 Å². The number of rotatable bonds is 3. The highest BCUT2D eigenvalue weighted by molar-refractivity contribution is 5.94. The van der Waals surface area contributed by atoms with E-state index in [0.29, 0.717) is 13.0 Å². The molecule has 0 saturated carbocycles. The van der Waals surface area contributed by atoms with Crippen LogP contribution in [0.2, 0.25) is 0 Å². The molecule has 0 aliphatic carbocycles. The van der Waals surface area contributed by atoms with E-state index in [2.05, 4.69) is 10.6 Å². The van der Waals surface area contributed by atoms with E-state index in [9.17, 15) is 14.0 Å². The minimum atomic E-state index is -0.492. The van der Waals surface area contributed by atoms with Gasteiger partial charge in [0.2, 0.25) is 5.91 Å². The maximum atomic E-state index is 13.6. The fourth-order valence-electron chi connectivity index (χ4n) is 2.41. The molecule has 0 aromatic heterocycles. The number of urea groups is 1. The van der Waals surface area contributed by atoms with Crippen molar-refractivity contribution in [1.29, 1.82) is 0 Å². The van der Waals surface area contributed by atoms with Crippen molar-refractivity contribution in [1.82, 2.24) is 10.2 Å². The summed E-state index contributed by atoms with van der Waals surface area (Å²) in [5, 5.41) is 5.33. The van der Waals surface area contributed by atoms with Gasteiger partial charge in [-0.05, 0) is 38.8 Å². The number of nitrogens with one attached hydrogen (secondary N) is 2. The fraction of sp³-hybridized carbons (Fsp3) is 0.467. The summed E-state index contributed by atoms with van der Waals surface area (Å²) < 4.78 is 13.6. The third-order valence-electron chi connectivity index (χ3n) is 3.36. The van der Waals surface area contributed by atoms with Gasteiger partial charge >= 0.3 is 6.03 Å². The van der Waals surface area contributed by atoms with E-state index in [1.54, 1.807) is 12.1 Å². The van der Waals surface area contributed by atoms with Gasteiger partial charge in [0, 0.05) is 12.6 Å². The normalized spacial score (nSPS) is 17.9. The van der Waals surface area contributed by atoms with Gasteiger partial charge in [0.25, 0.3) is 0 Å². The van der Waals surface area contributed by atoms with Crippen LogP contribution in [0.4, 0.5) is 14.9 Å². The average molecular weight is 293 g/mol. The van der Waals surface area contributed by atoms with Gasteiger partial charge in [0.15, 0.2) is 0 Å². The third-order valence-corrected chi connectivity index (χ3v) is 3.36. The second kappa shape index (κ2) is 6.56.